The summed E-state index contributed by atoms with van der Waals surface area (Å²) in [5, 5.41) is 9.82. The number of methoxy groups -OCH3 is 1. The average molecular weight is 372 g/mol. The fourth-order valence-electron chi connectivity index (χ4n) is 2.23. The average Bonchev–Trinajstić information content (AvgIpc) is 2.65. The van der Waals surface area contributed by atoms with Crippen molar-refractivity contribution >= 4 is 23.6 Å². The number of carbonyl (C=O) groups excluding carboxylic acids is 1. The summed E-state index contributed by atoms with van der Waals surface area (Å²) in [6, 6.07) is 14.4. The number of hydrogen-bond donors (Lipinski definition) is 0. The van der Waals surface area contributed by atoms with Gasteiger partial charge in [-0.05, 0) is 25.1 Å². The zero-order chi connectivity index (χ0) is 18.9. The van der Waals surface area contributed by atoms with Gasteiger partial charge in [0.2, 0.25) is 0 Å². The fourth-order valence-corrected chi connectivity index (χ4v) is 2.42. The topological polar surface area (TPSA) is 68.6 Å². The van der Waals surface area contributed by atoms with Crippen molar-refractivity contribution in [3.63, 3.8) is 0 Å². The number of halogens is 1. The molecule has 0 unspecified atom stereocenters. The van der Waals surface area contributed by atoms with Gasteiger partial charge < -0.3 is 14.2 Å². The molecule has 0 heterocycles. The summed E-state index contributed by atoms with van der Waals surface area (Å²) < 4.78 is 16.1. The summed E-state index contributed by atoms with van der Waals surface area (Å²) in [6.07, 6.45) is 1.42. The maximum absolute atomic E-state index is 11.9. The number of ether oxygens (including phenoxy) is 3. The van der Waals surface area contributed by atoms with Crippen LogP contribution in [0.2, 0.25) is 5.02 Å². The van der Waals surface area contributed by atoms with Crippen LogP contribution in [0.5, 0.6) is 11.5 Å². The van der Waals surface area contributed by atoms with Crippen LogP contribution < -0.4 is 9.47 Å². The van der Waals surface area contributed by atoms with Gasteiger partial charge in [-0.3, -0.25) is 0 Å². The Labute approximate surface area is 157 Å². The third kappa shape index (κ3) is 4.78. The summed E-state index contributed by atoms with van der Waals surface area (Å²) in [5.74, 6) is 0.203. The summed E-state index contributed by atoms with van der Waals surface area (Å²) in [6.45, 7) is 2.07. The molecule has 0 fully saturated rings. The van der Waals surface area contributed by atoms with Gasteiger partial charge in [0.25, 0.3) is 0 Å². The fraction of sp³-hybridized carbons (Fsp3) is 0.200. The molecular weight excluding hydrogens is 354 g/mol. The Morgan fingerprint density at radius 1 is 1.23 bits per heavy atom. The molecule has 6 heteroatoms. The second-order valence-corrected chi connectivity index (χ2v) is 5.56. The van der Waals surface area contributed by atoms with Crippen LogP contribution in [-0.2, 0) is 16.1 Å². The lowest BCUT2D eigenvalue weighted by atomic mass is 10.1. The van der Waals surface area contributed by atoms with Crippen molar-refractivity contribution in [3.05, 3.63) is 64.2 Å². The van der Waals surface area contributed by atoms with Crippen molar-refractivity contribution in [1.29, 1.82) is 5.26 Å². The Bertz CT molecular complexity index is 855. The van der Waals surface area contributed by atoms with Crippen LogP contribution in [0.1, 0.15) is 18.1 Å². The lowest BCUT2D eigenvalue weighted by Gasteiger charge is -2.14. The molecule has 0 saturated carbocycles. The highest BCUT2D eigenvalue weighted by Crippen LogP contribution is 2.34. The van der Waals surface area contributed by atoms with Crippen LogP contribution in [0.25, 0.3) is 6.08 Å². The molecule has 0 aromatic heterocycles. The lowest BCUT2D eigenvalue weighted by molar-refractivity contribution is -0.137. The van der Waals surface area contributed by atoms with Gasteiger partial charge in [0.15, 0.2) is 11.5 Å². The zero-order valence-electron chi connectivity index (χ0n) is 14.5. The second kappa shape index (κ2) is 9.50. The molecule has 2 aromatic carbocycles. The quantitative estimate of drug-likeness (QED) is 0.410. The summed E-state index contributed by atoms with van der Waals surface area (Å²) in [5.41, 5.74) is 1.21. The number of carbonyl (C=O) groups is 1. The predicted molar refractivity (Wildman–Crippen MR) is 99.0 cm³/mol. The molecule has 0 amide bonds. The highest BCUT2D eigenvalue weighted by molar-refractivity contribution is 6.31. The van der Waals surface area contributed by atoms with E-state index in [2.05, 4.69) is 0 Å². The van der Waals surface area contributed by atoms with Gasteiger partial charge in [0.05, 0.1) is 13.7 Å². The Morgan fingerprint density at radius 3 is 2.65 bits per heavy atom. The van der Waals surface area contributed by atoms with Crippen molar-refractivity contribution in [3.8, 4) is 17.6 Å². The van der Waals surface area contributed by atoms with Crippen molar-refractivity contribution in [2.45, 2.75) is 13.5 Å². The number of rotatable bonds is 7. The van der Waals surface area contributed by atoms with Crippen LogP contribution >= 0.6 is 11.6 Å². The molecule has 0 aliphatic heterocycles. The first-order valence-electron chi connectivity index (χ1n) is 7.92. The maximum atomic E-state index is 11.9. The summed E-state index contributed by atoms with van der Waals surface area (Å²) >= 11 is 6.16. The standard InChI is InChI=1S/C20H18ClNO4/c1-3-25-20(23)16(12-22)11-14-8-6-10-18(24-2)19(14)26-13-15-7-4-5-9-17(15)21/h4-11H,3,13H2,1-2H3/b16-11+. The smallest absolute Gasteiger partial charge is 0.348 e. The van der Waals surface area contributed by atoms with Gasteiger partial charge in [0, 0.05) is 16.1 Å². The van der Waals surface area contributed by atoms with E-state index < -0.39 is 5.97 Å². The first-order valence-corrected chi connectivity index (χ1v) is 8.30. The molecule has 0 radical (unpaired) electrons. The first kappa shape index (κ1) is 19.4. The molecule has 5 nitrogen and oxygen atoms in total. The molecule has 0 atom stereocenters. The molecule has 0 saturated heterocycles. The number of esters is 1. The largest absolute Gasteiger partial charge is 0.493 e. The van der Waals surface area contributed by atoms with E-state index in [1.807, 2.05) is 24.3 Å². The highest BCUT2D eigenvalue weighted by Gasteiger charge is 2.15. The molecule has 26 heavy (non-hydrogen) atoms. The summed E-state index contributed by atoms with van der Waals surface area (Å²) in [4.78, 5) is 11.9. The van der Waals surface area contributed by atoms with Crippen molar-refractivity contribution in [2.75, 3.05) is 13.7 Å². The van der Waals surface area contributed by atoms with E-state index in [1.165, 1.54) is 13.2 Å². The van der Waals surface area contributed by atoms with Gasteiger partial charge in [-0.15, -0.1) is 0 Å². The van der Waals surface area contributed by atoms with Crippen LogP contribution in [0.4, 0.5) is 0 Å². The van der Waals surface area contributed by atoms with Crippen LogP contribution in [-0.4, -0.2) is 19.7 Å². The van der Waals surface area contributed by atoms with E-state index in [4.69, 9.17) is 25.8 Å². The van der Waals surface area contributed by atoms with Crippen LogP contribution in [0.3, 0.4) is 0 Å². The number of nitriles is 1. The van der Waals surface area contributed by atoms with E-state index >= 15 is 0 Å². The monoisotopic (exact) mass is 371 g/mol. The first-order chi connectivity index (χ1) is 12.6. The third-order valence-corrected chi connectivity index (χ3v) is 3.84. The van der Waals surface area contributed by atoms with Gasteiger partial charge >= 0.3 is 5.97 Å². The van der Waals surface area contributed by atoms with Crippen LogP contribution in [0, 0.1) is 11.3 Å². The molecule has 0 bridgehead atoms. The molecule has 2 aromatic rings. The highest BCUT2D eigenvalue weighted by atomic mass is 35.5. The molecule has 0 N–H and O–H groups in total. The van der Waals surface area contributed by atoms with Gasteiger partial charge in [-0.25, -0.2) is 4.79 Å². The van der Waals surface area contributed by atoms with E-state index in [1.54, 1.807) is 31.2 Å². The Balaban J connectivity index is 2.37. The Kier molecular flexibility index (Phi) is 7.07. The lowest BCUT2D eigenvalue weighted by Crippen LogP contribution is -2.06. The van der Waals surface area contributed by atoms with E-state index in [0.717, 1.165) is 5.56 Å². The number of nitrogens with zero attached hydrogens (tertiary/aromatic N) is 1. The van der Waals surface area contributed by atoms with E-state index in [0.29, 0.717) is 22.1 Å². The molecule has 0 spiro atoms. The predicted octanol–water partition coefficient (Wildman–Crippen LogP) is 4.40. The van der Waals surface area contributed by atoms with Gasteiger partial charge in [0.1, 0.15) is 18.2 Å². The number of para-hydroxylation sites is 1. The maximum Gasteiger partial charge on any atom is 0.348 e. The Hall–Kier alpha value is -2.97. The molecule has 0 aliphatic carbocycles. The minimum Gasteiger partial charge on any atom is -0.493 e. The molecule has 134 valence electrons. The minimum absolute atomic E-state index is 0.123. The van der Waals surface area contributed by atoms with Crippen molar-refractivity contribution in [2.24, 2.45) is 0 Å². The minimum atomic E-state index is -0.685. The van der Waals surface area contributed by atoms with E-state index in [-0.39, 0.29) is 18.8 Å². The van der Waals surface area contributed by atoms with Crippen molar-refractivity contribution < 1.29 is 19.0 Å². The molecule has 2 rings (SSSR count). The number of benzene rings is 2. The van der Waals surface area contributed by atoms with Gasteiger partial charge in [-0.1, -0.05) is 41.9 Å². The summed E-state index contributed by atoms with van der Waals surface area (Å²) in [7, 11) is 1.52. The zero-order valence-corrected chi connectivity index (χ0v) is 15.2. The normalized spacial score (nSPS) is 10.8. The van der Waals surface area contributed by atoms with Gasteiger partial charge in [-0.2, -0.15) is 5.26 Å². The molecule has 0 aliphatic rings. The van der Waals surface area contributed by atoms with E-state index in [9.17, 15) is 10.1 Å². The molecular formula is C20H18ClNO4. The SMILES string of the molecule is CCOC(=O)/C(C#N)=C/c1cccc(OC)c1OCc1ccccc1Cl. The van der Waals surface area contributed by atoms with Crippen molar-refractivity contribution in [1.82, 2.24) is 0 Å². The van der Waals surface area contributed by atoms with Crippen LogP contribution in [0.15, 0.2) is 48.0 Å². The Morgan fingerprint density at radius 2 is 2.00 bits per heavy atom. The number of hydrogen-bond acceptors (Lipinski definition) is 5. The third-order valence-electron chi connectivity index (χ3n) is 3.47. The second-order valence-electron chi connectivity index (χ2n) is 5.15.